The zero-order chi connectivity index (χ0) is 20.6. The van der Waals surface area contributed by atoms with E-state index in [2.05, 4.69) is 20.5 Å². The van der Waals surface area contributed by atoms with Gasteiger partial charge < -0.3 is 14.2 Å². The smallest absolute Gasteiger partial charge is 0.290 e. The molecule has 0 radical (unpaired) electrons. The topological polar surface area (TPSA) is 94.9 Å². The highest BCUT2D eigenvalue weighted by atomic mass is 16.5. The maximum absolute atomic E-state index is 12.4. The Morgan fingerprint density at radius 3 is 2.21 bits per heavy atom. The molecule has 0 saturated carbocycles. The third-order valence-electron chi connectivity index (χ3n) is 3.99. The van der Waals surface area contributed by atoms with Crippen molar-refractivity contribution in [1.29, 1.82) is 0 Å². The van der Waals surface area contributed by atoms with E-state index in [1.807, 2.05) is 12.1 Å². The predicted octanol–water partition coefficient (Wildman–Crippen LogP) is 2.93. The highest BCUT2D eigenvalue weighted by Gasteiger charge is 2.09. The fraction of sp³-hybridized carbons (Fsp3) is 0.143. The summed E-state index contributed by atoms with van der Waals surface area (Å²) < 4.78 is 15.6. The van der Waals surface area contributed by atoms with Crippen LogP contribution in [-0.2, 0) is 0 Å². The van der Waals surface area contributed by atoms with Crippen molar-refractivity contribution >= 4 is 12.1 Å². The van der Waals surface area contributed by atoms with E-state index in [4.69, 9.17) is 14.2 Å². The number of benzene rings is 2. The molecule has 8 nitrogen and oxygen atoms in total. The minimum Gasteiger partial charge on any atom is -0.497 e. The Bertz CT molecular complexity index is 997. The van der Waals surface area contributed by atoms with Crippen LogP contribution in [-0.4, -0.2) is 43.4 Å². The predicted molar refractivity (Wildman–Crippen MR) is 109 cm³/mol. The quantitative estimate of drug-likeness (QED) is 0.491. The second kappa shape index (κ2) is 9.32. The number of carbonyl (C=O) groups excluding carboxylic acids is 1. The van der Waals surface area contributed by atoms with E-state index in [0.717, 1.165) is 11.3 Å². The Kier molecular flexibility index (Phi) is 6.36. The van der Waals surface area contributed by atoms with Crippen molar-refractivity contribution in [3.63, 3.8) is 0 Å². The van der Waals surface area contributed by atoms with Gasteiger partial charge in [0.15, 0.2) is 5.82 Å². The summed E-state index contributed by atoms with van der Waals surface area (Å²) >= 11 is 0. The highest BCUT2D eigenvalue weighted by Crippen LogP contribution is 2.21. The monoisotopic (exact) mass is 392 g/mol. The molecule has 8 heteroatoms. The average Bonchev–Trinajstić information content (AvgIpc) is 2.78. The minimum absolute atomic E-state index is 0.200. The molecule has 0 saturated heterocycles. The summed E-state index contributed by atoms with van der Waals surface area (Å²) in [6.07, 6.45) is 3.02. The summed E-state index contributed by atoms with van der Waals surface area (Å²) in [5.41, 5.74) is 4.14. The number of methoxy groups -OCH3 is 3. The molecule has 148 valence electrons. The molecule has 0 bridgehead atoms. The van der Waals surface area contributed by atoms with Gasteiger partial charge >= 0.3 is 0 Å². The van der Waals surface area contributed by atoms with Gasteiger partial charge in [0.25, 0.3) is 5.91 Å². The average molecular weight is 392 g/mol. The first-order chi connectivity index (χ1) is 14.1. The van der Waals surface area contributed by atoms with Gasteiger partial charge in [-0.2, -0.15) is 5.10 Å². The lowest BCUT2D eigenvalue weighted by atomic mass is 10.2. The number of rotatable bonds is 7. The fourth-order valence-corrected chi connectivity index (χ4v) is 2.49. The molecule has 1 amide bonds. The van der Waals surface area contributed by atoms with E-state index in [9.17, 15) is 4.79 Å². The first kappa shape index (κ1) is 19.8. The molecule has 0 atom stereocenters. The highest BCUT2D eigenvalue weighted by molar-refractivity contribution is 5.93. The number of nitrogens with one attached hydrogen (secondary N) is 1. The standard InChI is InChI=1S/C21H20N4O4/c1-27-16-6-4-15(5-7-16)20-22-9-8-19(24-20)21(26)25-23-13-14-10-17(28-2)12-18(11-14)29-3/h4-13H,1-3H3,(H,25,26). The molecule has 29 heavy (non-hydrogen) atoms. The van der Waals surface area contributed by atoms with Crippen LogP contribution >= 0.6 is 0 Å². The number of hydrogen-bond donors (Lipinski definition) is 1. The summed E-state index contributed by atoms with van der Waals surface area (Å²) in [6, 6.07) is 14.1. The van der Waals surface area contributed by atoms with Crippen molar-refractivity contribution in [3.05, 3.63) is 66.0 Å². The Morgan fingerprint density at radius 1 is 0.931 bits per heavy atom. The maximum Gasteiger partial charge on any atom is 0.290 e. The van der Waals surface area contributed by atoms with Crippen LogP contribution in [0.15, 0.2) is 59.8 Å². The number of carbonyl (C=O) groups is 1. The van der Waals surface area contributed by atoms with Gasteiger partial charge in [0.1, 0.15) is 22.9 Å². The van der Waals surface area contributed by atoms with Gasteiger partial charge in [-0.1, -0.05) is 0 Å². The van der Waals surface area contributed by atoms with Crippen LogP contribution in [0, 0.1) is 0 Å². The summed E-state index contributed by atoms with van der Waals surface area (Å²) in [5, 5.41) is 3.98. The Hall–Kier alpha value is -3.94. The lowest BCUT2D eigenvalue weighted by molar-refractivity contribution is 0.0950. The number of hydrogen-bond acceptors (Lipinski definition) is 7. The Labute approximate surface area is 168 Å². The molecule has 0 unspecified atom stereocenters. The Balaban J connectivity index is 1.72. The van der Waals surface area contributed by atoms with Crippen molar-refractivity contribution in [2.24, 2.45) is 5.10 Å². The zero-order valence-electron chi connectivity index (χ0n) is 16.2. The minimum atomic E-state index is -0.451. The summed E-state index contributed by atoms with van der Waals surface area (Å²) in [7, 11) is 4.72. The summed E-state index contributed by atoms with van der Waals surface area (Å²) in [4.78, 5) is 20.9. The molecule has 3 aromatic rings. The van der Waals surface area contributed by atoms with Crippen LogP contribution in [0.2, 0.25) is 0 Å². The number of hydrazone groups is 1. The second-order valence-corrected chi connectivity index (χ2v) is 5.84. The van der Waals surface area contributed by atoms with Gasteiger partial charge in [-0.15, -0.1) is 0 Å². The number of amides is 1. The molecular formula is C21H20N4O4. The van der Waals surface area contributed by atoms with Crippen molar-refractivity contribution < 1.29 is 19.0 Å². The molecule has 0 fully saturated rings. The summed E-state index contributed by atoms with van der Waals surface area (Å²) in [6.45, 7) is 0. The maximum atomic E-state index is 12.4. The van der Waals surface area contributed by atoms with Crippen LogP contribution in [0.3, 0.4) is 0 Å². The molecule has 0 aliphatic heterocycles. The van der Waals surface area contributed by atoms with Crippen molar-refractivity contribution in [2.75, 3.05) is 21.3 Å². The first-order valence-corrected chi connectivity index (χ1v) is 8.67. The van der Waals surface area contributed by atoms with Crippen molar-refractivity contribution in [2.45, 2.75) is 0 Å². The normalized spacial score (nSPS) is 10.6. The molecule has 0 aliphatic rings. The van der Waals surface area contributed by atoms with Gasteiger partial charge in [-0.3, -0.25) is 4.79 Å². The first-order valence-electron chi connectivity index (χ1n) is 8.67. The summed E-state index contributed by atoms with van der Waals surface area (Å²) in [5.74, 6) is 1.95. The SMILES string of the molecule is COc1ccc(-c2nccc(C(=O)NN=Cc3cc(OC)cc(OC)c3)n2)cc1. The van der Waals surface area contributed by atoms with Crippen LogP contribution < -0.4 is 19.6 Å². The lowest BCUT2D eigenvalue weighted by Gasteiger charge is -2.06. The fourth-order valence-electron chi connectivity index (χ4n) is 2.49. The van der Waals surface area contributed by atoms with E-state index >= 15 is 0 Å². The van der Waals surface area contributed by atoms with Gasteiger partial charge in [-0.25, -0.2) is 15.4 Å². The van der Waals surface area contributed by atoms with E-state index in [0.29, 0.717) is 22.9 Å². The molecule has 1 N–H and O–H groups in total. The molecule has 1 heterocycles. The van der Waals surface area contributed by atoms with Crippen LogP contribution in [0.4, 0.5) is 0 Å². The lowest BCUT2D eigenvalue weighted by Crippen LogP contribution is -2.19. The molecule has 0 aliphatic carbocycles. The third kappa shape index (κ3) is 5.07. The number of aromatic nitrogens is 2. The molecular weight excluding hydrogens is 372 g/mol. The Morgan fingerprint density at radius 2 is 1.59 bits per heavy atom. The van der Waals surface area contributed by atoms with Gasteiger partial charge in [-0.05, 0) is 42.5 Å². The van der Waals surface area contributed by atoms with Gasteiger partial charge in [0, 0.05) is 23.4 Å². The van der Waals surface area contributed by atoms with Crippen LogP contribution in [0.1, 0.15) is 16.1 Å². The molecule has 2 aromatic carbocycles. The van der Waals surface area contributed by atoms with E-state index in [1.165, 1.54) is 18.5 Å². The number of nitrogens with zero attached hydrogens (tertiary/aromatic N) is 3. The van der Waals surface area contributed by atoms with Crippen LogP contribution in [0.5, 0.6) is 17.2 Å². The van der Waals surface area contributed by atoms with Crippen LogP contribution in [0.25, 0.3) is 11.4 Å². The van der Waals surface area contributed by atoms with Gasteiger partial charge in [0.05, 0.1) is 27.5 Å². The third-order valence-corrected chi connectivity index (χ3v) is 3.99. The molecule has 0 spiro atoms. The molecule has 1 aromatic heterocycles. The largest absolute Gasteiger partial charge is 0.497 e. The van der Waals surface area contributed by atoms with Crippen molar-refractivity contribution in [1.82, 2.24) is 15.4 Å². The van der Waals surface area contributed by atoms with Crippen molar-refractivity contribution in [3.8, 4) is 28.6 Å². The zero-order valence-corrected chi connectivity index (χ0v) is 16.2. The van der Waals surface area contributed by atoms with Gasteiger partial charge in [0.2, 0.25) is 0 Å². The molecule has 3 rings (SSSR count). The number of ether oxygens (including phenoxy) is 3. The van der Waals surface area contributed by atoms with E-state index in [-0.39, 0.29) is 5.69 Å². The van der Waals surface area contributed by atoms with E-state index < -0.39 is 5.91 Å². The second-order valence-electron chi connectivity index (χ2n) is 5.84. The van der Waals surface area contributed by atoms with E-state index in [1.54, 1.807) is 51.7 Å².